The van der Waals surface area contributed by atoms with E-state index in [1.807, 2.05) is 23.1 Å². The van der Waals surface area contributed by atoms with E-state index in [4.69, 9.17) is 10.7 Å². The number of thiazole rings is 1. The Morgan fingerprint density at radius 1 is 1.56 bits per heavy atom. The van der Waals surface area contributed by atoms with Crippen LogP contribution in [0.5, 0.6) is 0 Å². The first-order chi connectivity index (χ1) is 7.72. The van der Waals surface area contributed by atoms with Gasteiger partial charge in [-0.1, -0.05) is 0 Å². The fraction of sp³-hybridized carbons (Fsp3) is 0.727. The van der Waals surface area contributed by atoms with Gasteiger partial charge in [-0.2, -0.15) is 11.8 Å². The van der Waals surface area contributed by atoms with E-state index in [0.717, 1.165) is 13.0 Å². The van der Waals surface area contributed by atoms with Gasteiger partial charge in [0.05, 0.1) is 11.7 Å². The topological polar surface area (TPSA) is 42.2 Å². The zero-order chi connectivity index (χ0) is 11.5. The van der Waals surface area contributed by atoms with Crippen LogP contribution in [0.2, 0.25) is 0 Å². The van der Waals surface area contributed by atoms with E-state index in [0.29, 0.717) is 6.04 Å². The Balaban J connectivity index is 2.16. The highest BCUT2D eigenvalue weighted by Crippen LogP contribution is 2.32. The standard InChI is InChI=1S/C11H19N3S2/c1-8-10(3-4-12)16-11(13-8)9-7-15-6-5-14(9)2/h9H,3-7,12H2,1-2H3. The van der Waals surface area contributed by atoms with Crippen molar-refractivity contribution < 1.29 is 0 Å². The van der Waals surface area contributed by atoms with Crippen LogP contribution in [0.4, 0.5) is 0 Å². The van der Waals surface area contributed by atoms with Crippen molar-refractivity contribution >= 4 is 23.1 Å². The molecule has 0 radical (unpaired) electrons. The molecule has 16 heavy (non-hydrogen) atoms. The molecule has 1 aliphatic rings. The van der Waals surface area contributed by atoms with Gasteiger partial charge in [-0.15, -0.1) is 11.3 Å². The lowest BCUT2D eigenvalue weighted by Gasteiger charge is -2.30. The van der Waals surface area contributed by atoms with Crippen LogP contribution in [-0.4, -0.2) is 41.5 Å². The molecule has 0 saturated carbocycles. The number of aryl methyl sites for hydroxylation is 1. The van der Waals surface area contributed by atoms with Crippen molar-refractivity contribution in [1.29, 1.82) is 0 Å². The summed E-state index contributed by atoms with van der Waals surface area (Å²) >= 11 is 3.88. The number of nitrogens with two attached hydrogens (primary N) is 1. The highest BCUT2D eigenvalue weighted by atomic mass is 32.2. The summed E-state index contributed by atoms with van der Waals surface area (Å²) in [6.07, 6.45) is 0.965. The molecule has 3 nitrogen and oxygen atoms in total. The van der Waals surface area contributed by atoms with Crippen molar-refractivity contribution in [3.8, 4) is 0 Å². The second-order valence-electron chi connectivity index (χ2n) is 4.17. The summed E-state index contributed by atoms with van der Waals surface area (Å²) in [7, 11) is 2.20. The number of hydrogen-bond acceptors (Lipinski definition) is 5. The number of hydrogen-bond donors (Lipinski definition) is 1. The third-order valence-electron chi connectivity index (χ3n) is 2.96. The zero-order valence-electron chi connectivity index (χ0n) is 9.90. The maximum absolute atomic E-state index is 5.61. The minimum absolute atomic E-state index is 0.508. The molecule has 0 aromatic carbocycles. The molecule has 1 aromatic rings. The molecular weight excluding hydrogens is 238 g/mol. The number of aromatic nitrogens is 1. The molecule has 1 fully saturated rings. The quantitative estimate of drug-likeness (QED) is 0.894. The number of nitrogens with zero attached hydrogens (tertiary/aromatic N) is 2. The molecule has 1 unspecified atom stereocenters. The van der Waals surface area contributed by atoms with Gasteiger partial charge in [0.1, 0.15) is 5.01 Å². The van der Waals surface area contributed by atoms with Gasteiger partial charge in [-0.25, -0.2) is 4.98 Å². The molecule has 5 heteroatoms. The highest BCUT2D eigenvalue weighted by Gasteiger charge is 2.24. The predicted molar refractivity (Wildman–Crippen MR) is 72.3 cm³/mol. The predicted octanol–water partition coefficient (Wildman–Crippen LogP) is 1.67. The Morgan fingerprint density at radius 3 is 3.06 bits per heavy atom. The normalized spacial score (nSPS) is 22.6. The maximum Gasteiger partial charge on any atom is 0.111 e. The van der Waals surface area contributed by atoms with Crippen molar-refractivity contribution in [3.63, 3.8) is 0 Å². The van der Waals surface area contributed by atoms with Gasteiger partial charge >= 0.3 is 0 Å². The van der Waals surface area contributed by atoms with Crippen LogP contribution in [0, 0.1) is 6.92 Å². The second kappa shape index (κ2) is 5.49. The summed E-state index contributed by atoms with van der Waals surface area (Å²) < 4.78 is 0. The molecule has 1 aromatic heterocycles. The average Bonchev–Trinajstić information content (AvgIpc) is 2.61. The van der Waals surface area contributed by atoms with Gasteiger partial charge in [0.15, 0.2) is 0 Å². The van der Waals surface area contributed by atoms with Crippen molar-refractivity contribution in [2.45, 2.75) is 19.4 Å². The van der Waals surface area contributed by atoms with Gasteiger partial charge in [-0.3, -0.25) is 4.90 Å². The number of rotatable bonds is 3. The lowest BCUT2D eigenvalue weighted by Crippen LogP contribution is -2.32. The molecular formula is C11H19N3S2. The van der Waals surface area contributed by atoms with Crippen molar-refractivity contribution in [2.75, 3.05) is 31.6 Å². The molecule has 2 rings (SSSR count). The highest BCUT2D eigenvalue weighted by molar-refractivity contribution is 7.99. The Labute approximate surface area is 105 Å². The van der Waals surface area contributed by atoms with Gasteiger partial charge in [-0.05, 0) is 26.9 Å². The van der Waals surface area contributed by atoms with E-state index in [1.165, 1.54) is 33.6 Å². The van der Waals surface area contributed by atoms with E-state index in [9.17, 15) is 0 Å². The van der Waals surface area contributed by atoms with Gasteiger partial charge in [0.25, 0.3) is 0 Å². The van der Waals surface area contributed by atoms with Gasteiger partial charge in [0.2, 0.25) is 0 Å². The molecule has 1 aliphatic heterocycles. The van der Waals surface area contributed by atoms with Crippen LogP contribution in [0.15, 0.2) is 0 Å². The molecule has 0 amide bonds. The van der Waals surface area contributed by atoms with E-state index in [2.05, 4.69) is 18.9 Å². The van der Waals surface area contributed by atoms with Crippen LogP contribution in [0.3, 0.4) is 0 Å². The largest absolute Gasteiger partial charge is 0.330 e. The van der Waals surface area contributed by atoms with Crippen LogP contribution < -0.4 is 5.73 Å². The molecule has 2 heterocycles. The Hall–Kier alpha value is -0.100. The Morgan fingerprint density at radius 2 is 2.38 bits per heavy atom. The number of thioether (sulfide) groups is 1. The first-order valence-corrected chi connectivity index (χ1v) is 7.63. The van der Waals surface area contributed by atoms with Crippen molar-refractivity contribution in [1.82, 2.24) is 9.88 Å². The van der Waals surface area contributed by atoms with Crippen molar-refractivity contribution in [2.24, 2.45) is 5.73 Å². The first kappa shape index (κ1) is 12.4. The molecule has 1 atom stereocenters. The molecule has 90 valence electrons. The van der Waals surface area contributed by atoms with E-state index in [1.54, 1.807) is 0 Å². The van der Waals surface area contributed by atoms with Gasteiger partial charge in [0, 0.05) is 22.9 Å². The third-order valence-corrected chi connectivity index (χ3v) is 5.30. The zero-order valence-corrected chi connectivity index (χ0v) is 11.5. The summed E-state index contributed by atoms with van der Waals surface area (Å²) in [6, 6.07) is 0.508. The monoisotopic (exact) mass is 257 g/mol. The summed E-state index contributed by atoms with van der Waals surface area (Å²) in [4.78, 5) is 8.49. The van der Waals surface area contributed by atoms with Crippen LogP contribution in [0.1, 0.15) is 21.6 Å². The summed E-state index contributed by atoms with van der Waals surface area (Å²) in [5.74, 6) is 2.42. The van der Waals surface area contributed by atoms with E-state index in [-0.39, 0.29) is 0 Å². The Bertz CT molecular complexity index is 351. The smallest absolute Gasteiger partial charge is 0.111 e. The van der Waals surface area contributed by atoms with Crippen molar-refractivity contribution in [3.05, 3.63) is 15.6 Å². The molecule has 2 N–H and O–H groups in total. The van der Waals surface area contributed by atoms with Gasteiger partial charge < -0.3 is 5.73 Å². The maximum atomic E-state index is 5.61. The SMILES string of the molecule is Cc1nc(C2CSCCN2C)sc1CCN. The van der Waals surface area contributed by atoms with E-state index >= 15 is 0 Å². The van der Waals surface area contributed by atoms with Crippen LogP contribution in [-0.2, 0) is 6.42 Å². The minimum atomic E-state index is 0.508. The molecule has 0 bridgehead atoms. The molecule has 0 aliphatic carbocycles. The second-order valence-corrected chi connectivity index (χ2v) is 6.44. The summed E-state index contributed by atoms with van der Waals surface area (Å²) in [6.45, 7) is 3.98. The van der Waals surface area contributed by atoms with Crippen LogP contribution >= 0.6 is 23.1 Å². The average molecular weight is 257 g/mol. The molecule has 1 saturated heterocycles. The Kier molecular flexibility index (Phi) is 4.24. The third kappa shape index (κ3) is 2.59. The first-order valence-electron chi connectivity index (χ1n) is 5.66. The lowest BCUT2D eigenvalue weighted by molar-refractivity contribution is 0.274. The fourth-order valence-electron chi connectivity index (χ4n) is 1.90. The minimum Gasteiger partial charge on any atom is -0.330 e. The van der Waals surface area contributed by atoms with E-state index < -0.39 is 0 Å². The lowest BCUT2D eigenvalue weighted by atomic mass is 10.3. The fourth-order valence-corrected chi connectivity index (χ4v) is 4.47. The summed E-state index contributed by atoms with van der Waals surface area (Å²) in [5, 5.41) is 1.27. The van der Waals surface area contributed by atoms with Crippen LogP contribution in [0.25, 0.3) is 0 Å². The summed E-state index contributed by atoms with van der Waals surface area (Å²) in [5.41, 5.74) is 6.78. The molecule has 0 spiro atoms.